The zero-order valence-corrected chi connectivity index (χ0v) is 20.2. The van der Waals surface area contributed by atoms with Crippen LogP contribution in [0.15, 0.2) is 60.8 Å². The lowest BCUT2D eigenvalue weighted by molar-refractivity contribution is -0.137. The summed E-state index contributed by atoms with van der Waals surface area (Å²) < 4.78 is 88.1. The number of hydrogen-bond acceptors (Lipinski definition) is 6. The van der Waals surface area contributed by atoms with Crippen LogP contribution in [0.4, 0.5) is 28.0 Å². The molecule has 2 aromatic carbocycles. The van der Waals surface area contributed by atoms with Crippen LogP contribution in [0.2, 0.25) is 0 Å². The number of alkyl halides is 3. The topological polar surface area (TPSA) is 99.5 Å². The van der Waals surface area contributed by atoms with E-state index in [0.717, 1.165) is 23.0 Å². The first-order valence-corrected chi connectivity index (χ1v) is 12.4. The van der Waals surface area contributed by atoms with E-state index in [4.69, 9.17) is 4.74 Å². The Labute approximate surface area is 208 Å². The predicted molar refractivity (Wildman–Crippen MR) is 126 cm³/mol. The van der Waals surface area contributed by atoms with Gasteiger partial charge in [0.1, 0.15) is 12.4 Å². The maximum absolute atomic E-state index is 15.3. The minimum Gasteiger partial charge on any atom is -0.454 e. The summed E-state index contributed by atoms with van der Waals surface area (Å²) in [4.78, 5) is 16.9. The van der Waals surface area contributed by atoms with Gasteiger partial charge in [-0.2, -0.15) is 21.6 Å². The van der Waals surface area contributed by atoms with Crippen molar-refractivity contribution < 1.29 is 39.7 Å². The van der Waals surface area contributed by atoms with E-state index in [2.05, 4.69) is 14.5 Å². The molecule has 194 valence electrons. The lowest BCUT2D eigenvalue weighted by atomic mass is 10.2. The second-order valence-electron chi connectivity index (χ2n) is 7.99. The van der Waals surface area contributed by atoms with E-state index in [1.807, 2.05) is 0 Å². The number of carbonyl (C=O) groups is 1. The first-order chi connectivity index (χ1) is 17.3. The third-order valence-corrected chi connectivity index (χ3v) is 5.70. The minimum absolute atomic E-state index is 0.0453. The number of amides is 1. The Kier molecular flexibility index (Phi) is 6.93. The number of anilines is 1. The first kappa shape index (κ1) is 26.1. The number of ether oxygens (including phenoxy) is 1. The van der Waals surface area contributed by atoms with Gasteiger partial charge < -0.3 is 10.1 Å². The number of nitrogens with zero attached hydrogens (tertiary/aromatic N) is 2. The van der Waals surface area contributed by atoms with Gasteiger partial charge >= 0.3 is 12.2 Å². The Morgan fingerprint density at radius 1 is 1.11 bits per heavy atom. The number of aryl methyl sites for hydroxylation is 1. The van der Waals surface area contributed by atoms with Crippen LogP contribution >= 0.6 is 0 Å². The van der Waals surface area contributed by atoms with Crippen molar-refractivity contribution in [2.75, 3.05) is 11.6 Å². The summed E-state index contributed by atoms with van der Waals surface area (Å²) in [5, 5.41) is 2.45. The molecule has 4 rings (SSSR count). The number of carbonyl (C=O) groups excluding carboxylic acids is 1. The fourth-order valence-electron chi connectivity index (χ4n) is 3.55. The number of hydrogen-bond donors (Lipinski definition) is 1. The van der Waals surface area contributed by atoms with Gasteiger partial charge in [-0.1, -0.05) is 6.07 Å². The molecular formula is C24H19F4N3O5S. The van der Waals surface area contributed by atoms with Crippen molar-refractivity contribution >= 4 is 32.7 Å². The van der Waals surface area contributed by atoms with E-state index < -0.39 is 33.7 Å². The molecule has 2 heterocycles. The number of rotatable bonds is 6. The summed E-state index contributed by atoms with van der Waals surface area (Å²) >= 11 is 0. The highest BCUT2D eigenvalue weighted by molar-refractivity contribution is 7.85. The number of aromatic nitrogens is 2. The monoisotopic (exact) mass is 537 g/mol. The van der Waals surface area contributed by atoms with Crippen molar-refractivity contribution in [1.29, 1.82) is 0 Å². The maximum Gasteiger partial charge on any atom is 0.416 e. The summed E-state index contributed by atoms with van der Waals surface area (Å²) in [6, 6.07) is 10.3. The molecule has 0 aliphatic carbocycles. The number of benzene rings is 2. The van der Waals surface area contributed by atoms with Crippen LogP contribution in [0.5, 0.6) is 11.5 Å². The Balaban J connectivity index is 1.59. The first-order valence-electron chi connectivity index (χ1n) is 10.6. The van der Waals surface area contributed by atoms with Gasteiger partial charge in [-0.3, -0.25) is 13.7 Å². The molecule has 0 spiro atoms. The highest BCUT2D eigenvalue weighted by Crippen LogP contribution is 2.33. The average Bonchev–Trinajstić information content (AvgIpc) is 3.16. The molecule has 8 nitrogen and oxygen atoms in total. The second-order valence-corrected chi connectivity index (χ2v) is 9.64. The van der Waals surface area contributed by atoms with Gasteiger partial charge in [0.25, 0.3) is 10.1 Å². The molecule has 2 aromatic heterocycles. The SMILES string of the molecule is Cc1cc2c(F)c(Oc3ccnc(COS(C)(=O)=O)c3)ccc2n1C(=O)Nc1cccc(C(F)(F)F)c1. The molecule has 1 amide bonds. The van der Waals surface area contributed by atoms with E-state index in [1.54, 1.807) is 6.92 Å². The molecule has 37 heavy (non-hydrogen) atoms. The van der Waals surface area contributed by atoms with Crippen LogP contribution < -0.4 is 10.1 Å². The molecule has 0 fully saturated rings. The van der Waals surface area contributed by atoms with Crippen LogP contribution in [0.25, 0.3) is 10.9 Å². The van der Waals surface area contributed by atoms with Crippen molar-refractivity contribution in [2.24, 2.45) is 0 Å². The molecule has 13 heteroatoms. The molecule has 1 N–H and O–H groups in total. The Morgan fingerprint density at radius 2 is 1.86 bits per heavy atom. The van der Waals surface area contributed by atoms with Gasteiger partial charge in [0.2, 0.25) is 0 Å². The third-order valence-electron chi connectivity index (χ3n) is 5.15. The largest absolute Gasteiger partial charge is 0.454 e. The zero-order valence-electron chi connectivity index (χ0n) is 19.3. The molecule has 0 saturated carbocycles. The molecule has 0 saturated heterocycles. The van der Waals surface area contributed by atoms with Crippen LogP contribution in [0.1, 0.15) is 17.0 Å². The number of nitrogens with one attached hydrogen (secondary N) is 1. The second kappa shape index (κ2) is 9.82. The summed E-state index contributed by atoms with van der Waals surface area (Å²) in [5.74, 6) is -0.792. The lowest BCUT2D eigenvalue weighted by Gasteiger charge is -2.12. The summed E-state index contributed by atoms with van der Waals surface area (Å²) in [5.41, 5.74) is -0.259. The third kappa shape index (κ3) is 6.06. The predicted octanol–water partition coefficient (Wildman–Crippen LogP) is 5.85. The standard InChI is InChI=1S/C24H19F4N3O5S/c1-14-10-19-20(31(14)23(32)30-16-5-3-4-15(11-16)24(26,27)28)6-7-21(22(19)25)36-18-8-9-29-17(12-18)13-35-37(2,33)34/h3-12H,13H2,1-2H3,(H,30,32). The molecule has 0 bridgehead atoms. The Morgan fingerprint density at radius 3 is 2.57 bits per heavy atom. The van der Waals surface area contributed by atoms with Crippen LogP contribution in [0, 0.1) is 12.7 Å². The van der Waals surface area contributed by atoms with E-state index in [-0.39, 0.29) is 40.4 Å². The summed E-state index contributed by atoms with van der Waals surface area (Å²) in [6.45, 7) is 1.21. The van der Waals surface area contributed by atoms with Gasteiger partial charge in [0, 0.05) is 29.0 Å². The Hall–Kier alpha value is -3.97. The van der Waals surface area contributed by atoms with Crippen molar-refractivity contribution in [1.82, 2.24) is 9.55 Å². The van der Waals surface area contributed by atoms with Crippen LogP contribution in [-0.2, 0) is 27.1 Å². The molecule has 0 radical (unpaired) electrons. The van der Waals surface area contributed by atoms with Gasteiger partial charge in [-0.05, 0) is 49.4 Å². The average molecular weight is 537 g/mol. The van der Waals surface area contributed by atoms with E-state index in [0.29, 0.717) is 5.69 Å². The highest BCUT2D eigenvalue weighted by atomic mass is 32.2. The van der Waals surface area contributed by atoms with Gasteiger partial charge in [-0.25, -0.2) is 9.18 Å². The molecule has 0 unspecified atom stereocenters. The van der Waals surface area contributed by atoms with Crippen molar-refractivity contribution in [3.63, 3.8) is 0 Å². The lowest BCUT2D eigenvalue weighted by Crippen LogP contribution is -2.20. The fraction of sp³-hybridized carbons (Fsp3) is 0.167. The number of halogens is 4. The maximum atomic E-state index is 15.3. The fourth-order valence-corrected chi connectivity index (χ4v) is 3.89. The van der Waals surface area contributed by atoms with Crippen LogP contribution in [-0.4, -0.2) is 30.3 Å². The van der Waals surface area contributed by atoms with E-state index in [1.165, 1.54) is 48.7 Å². The van der Waals surface area contributed by atoms with Crippen molar-refractivity contribution in [3.05, 3.63) is 83.6 Å². The molecular weight excluding hydrogens is 518 g/mol. The molecule has 0 aliphatic rings. The van der Waals surface area contributed by atoms with Crippen LogP contribution in [0.3, 0.4) is 0 Å². The Bertz CT molecular complexity index is 1600. The molecule has 4 aromatic rings. The van der Waals surface area contributed by atoms with E-state index >= 15 is 4.39 Å². The smallest absolute Gasteiger partial charge is 0.416 e. The minimum atomic E-state index is -4.58. The molecule has 0 atom stereocenters. The van der Waals surface area contributed by atoms with Crippen molar-refractivity contribution in [3.8, 4) is 11.5 Å². The number of pyridine rings is 1. The number of fused-ring (bicyclic) bond motifs is 1. The summed E-state index contributed by atoms with van der Waals surface area (Å²) in [7, 11) is -3.69. The summed E-state index contributed by atoms with van der Waals surface area (Å²) in [6.07, 6.45) is -2.34. The normalized spacial score (nSPS) is 12.1. The van der Waals surface area contributed by atoms with E-state index in [9.17, 15) is 26.4 Å². The van der Waals surface area contributed by atoms with Gasteiger partial charge in [0.05, 0.1) is 23.0 Å². The van der Waals surface area contributed by atoms with Crippen molar-refractivity contribution in [2.45, 2.75) is 19.7 Å². The van der Waals surface area contributed by atoms with Gasteiger partial charge in [0.15, 0.2) is 11.6 Å². The molecule has 0 aliphatic heterocycles. The zero-order chi connectivity index (χ0) is 27.0. The van der Waals surface area contributed by atoms with Gasteiger partial charge in [-0.15, -0.1) is 0 Å². The quantitative estimate of drug-likeness (QED) is 0.245. The highest BCUT2D eigenvalue weighted by Gasteiger charge is 2.30.